The van der Waals surface area contributed by atoms with E-state index >= 15 is 0 Å². The maximum absolute atomic E-state index is 9.90. The maximum Gasteiger partial charge on any atom is 0.164 e. The van der Waals surface area contributed by atoms with Crippen molar-refractivity contribution in [1.29, 1.82) is 0 Å². The van der Waals surface area contributed by atoms with Gasteiger partial charge in [0, 0.05) is 50.6 Å². The number of rotatable bonds is 8. The smallest absolute Gasteiger partial charge is 0.164 e. The molecule has 8 aromatic carbocycles. The lowest BCUT2D eigenvalue weighted by Gasteiger charge is -2.26. The third-order valence-corrected chi connectivity index (χ3v) is 8.38. The fourth-order valence-electron chi connectivity index (χ4n) is 5.81. The minimum absolute atomic E-state index is 0.0951. The van der Waals surface area contributed by atoms with Crippen molar-refractivity contribution in [3.8, 4) is 56.4 Å². The summed E-state index contributed by atoms with van der Waals surface area (Å²) in [5.41, 5.74) is -6.84. The van der Waals surface area contributed by atoms with Crippen molar-refractivity contribution in [2.75, 3.05) is 4.90 Å². The summed E-state index contributed by atoms with van der Waals surface area (Å²) in [6.07, 6.45) is 0. The third-order valence-electron chi connectivity index (χ3n) is 8.38. The van der Waals surface area contributed by atoms with Crippen LogP contribution >= 0.6 is 0 Å². The Labute approximate surface area is 358 Å². The van der Waals surface area contributed by atoms with E-state index in [4.69, 9.17) is 30.8 Å². The molecule has 0 bridgehead atoms. The third kappa shape index (κ3) is 6.27. The zero-order valence-electron chi connectivity index (χ0n) is 52.5. The fraction of sp³-hybridized carbons (Fsp3) is 0. The average Bonchev–Trinajstić information content (AvgIpc) is 3.97. The van der Waals surface area contributed by atoms with Gasteiger partial charge in [0.1, 0.15) is 11.2 Å². The highest BCUT2D eigenvalue weighted by atomic mass is 16.3. The Kier molecular flexibility index (Phi) is 4.19. The molecule has 10 aromatic rings. The van der Waals surface area contributed by atoms with E-state index in [1.807, 2.05) is 0 Å². The summed E-state index contributed by atoms with van der Waals surface area (Å²) >= 11 is 0. The number of nitrogens with zero attached hydrogens (tertiary/aromatic N) is 4. The first-order chi connectivity index (χ1) is 37.8. The SMILES string of the molecule is [2H]c1c([2H])c([2H])c(-c2c([2H])c([2H])c(N(c3c([2H])c([2H])c(-c4c([2H])c([2H])c([2H])c([2H])c4[2H])c([2H])c3[2H])c3c([2H])c([2H])c4c(oc5c([2H])c([2H])c([2H])c(-c6nc(-c7ccccc7)nc(-c7ccccc7)n6)c54)c3[2H])c([2H])c2[2H])c([2H])c1[2H]. The summed E-state index contributed by atoms with van der Waals surface area (Å²) in [6.45, 7) is 0. The van der Waals surface area contributed by atoms with Gasteiger partial charge in [-0.3, -0.25) is 0 Å². The first-order valence-corrected chi connectivity index (χ1v) is 16.7. The van der Waals surface area contributed by atoms with Crippen LogP contribution in [-0.4, -0.2) is 15.0 Å². The number of fused-ring (bicyclic) bond motifs is 3. The van der Waals surface area contributed by atoms with Crippen LogP contribution in [0.5, 0.6) is 0 Å². The summed E-state index contributed by atoms with van der Waals surface area (Å²) < 4.78 is 222. The Bertz CT molecular complexity index is 4060. The molecule has 264 valence electrons. The average molecular weight is 743 g/mol. The van der Waals surface area contributed by atoms with Crippen LogP contribution in [-0.2, 0) is 0 Å². The zero-order valence-corrected chi connectivity index (χ0v) is 28.5. The van der Waals surface area contributed by atoms with Gasteiger partial charge in [0.25, 0.3) is 0 Å². The first kappa shape index (κ1) is 16.4. The van der Waals surface area contributed by atoms with Gasteiger partial charge < -0.3 is 9.32 Å². The largest absolute Gasteiger partial charge is 0.456 e. The van der Waals surface area contributed by atoms with Crippen LogP contribution in [0.2, 0.25) is 0 Å². The van der Waals surface area contributed by atoms with Crippen molar-refractivity contribution in [2.24, 2.45) is 0 Å². The molecule has 0 fully saturated rings. The van der Waals surface area contributed by atoms with E-state index in [2.05, 4.69) is 4.98 Å². The zero-order chi connectivity index (χ0) is 58.1. The number of furan rings is 1. The van der Waals surface area contributed by atoms with Crippen LogP contribution < -0.4 is 4.90 Å². The van der Waals surface area contributed by atoms with E-state index < -0.39 is 201 Å². The van der Waals surface area contributed by atoms with Crippen LogP contribution in [0, 0.1) is 0 Å². The van der Waals surface area contributed by atoms with Crippen molar-refractivity contribution in [3.05, 3.63) is 206 Å². The topological polar surface area (TPSA) is 55.1 Å². The van der Waals surface area contributed by atoms with Crippen molar-refractivity contribution >= 4 is 39.0 Å². The van der Waals surface area contributed by atoms with Gasteiger partial charge in [-0.15, -0.1) is 0 Å². The number of benzene rings is 8. The van der Waals surface area contributed by atoms with Crippen molar-refractivity contribution in [2.45, 2.75) is 0 Å². The number of hydrogen-bond donors (Lipinski definition) is 0. The Morgan fingerprint density at radius 3 is 1.41 bits per heavy atom. The molecule has 0 spiro atoms. The van der Waals surface area contributed by atoms with Gasteiger partial charge in [-0.25, -0.2) is 15.0 Å². The van der Waals surface area contributed by atoms with Crippen LogP contribution in [0.25, 0.3) is 78.4 Å². The molecule has 0 saturated carbocycles. The predicted octanol–water partition coefficient (Wildman–Crippen LogP) is 13.6. The molecule has 56 heavy (non-hydrogen) atoms. The van der Waals surface area contributed by atoms with Crippen LogP contribution in [0.15, 0.2) is 210 Å². The molecule has 0 saturated heterocycles. The standard InChI is InChI=1S/C51H34N4O/c1-5-14-35(15-6-1)37-24-28-41(29-25-37)55(42-30-26-38(27-31-42)36-16-7-2-8-17-36)43-32-33-44-47(34-43)56-46-23-13-22-45(48(44)46)51-53-49(39-18-9-3-10-19-39)52-50(54-51)40-20-11-4-12-21-40/h1-34H/i1D,2D,5D,6D,7D,8D,13D,14D,15D,16D,17D,22D,23D,24D,25D,26D,27D,28D,29D,30D,31D,32D,33D,34D. The quantitative estimate of drug-likeness (QED) is 0.155. The van der Waals surface area contributed by atoms with E-state index in [0.29, 0.717) is 16.0 Å². The summed E-state index contributed by atoms with van der Waals surface area (Å²) in [7, 11) is 0. The second kappa shape index (κ2) is 14.3. The van der Waals surface area contributed by atoms with Gasteiger partial charge in [-0.1, -0.05) is 157 Å². The summed E-state index contributed by atoms with van der Waals surface area (Å²) in [4.78, 5) is 14.5. The number of anilines is 3. The first-order valence-electron chi connectivity index (χ1n) is 28.7. The van der Waals surface area contributed by atoms with Crippen molar-refractivity contribution in [3.63, 3.8) is 0 Å². The minimum atomic E-state index is -1.18. The van der Waals surface area contributed by atoms with E-state index in [-0.39, 0.29) is 28.4 Å². The van der Waals surface area contributed by atoms with E-state index in [0.717, 1.165) is 0 Å². The Hall–Kier alpha value is -7.63. The molecule has 0 N–H and O–H groups in total. The molecule has 0 aliphatic carbocycles. The number of hydrogen-bond acceptors (Lipinski definition) is 5. The molecule has 0 aliphatic rings. The molecular formula is C51H34N4O. The van der Waals surface area contributed by atoms with E-state index in [1.165, 1.54) is 0 Å². The van der Waals surface area contributed by atoms with Crippen LogP contribution in [0.1, 0.15) is 32.9 Å². The Morgan fingerprint density at radius 1 is 0.393 bits per heavy atom. The molecular weight excluding hydrogens is 685 g/mol. The Balaban J connectivity index is 1.34. The van der Waals surface area contributed by atoms with Crippen molar-refractivity contribution in [1.82, 2.24) is 15.0 Å². The highest BCUT2D eigenvalue weighted by Crippen LogP contribution is 2.42. The van der Waals surface area contributed by atoms with Gasteiger partial charge in [-0.05, 0) is 64.6 Å². The number of aromatic nitrogens is 3. The molecule has 2 heterocycles. The minimum Gasteiger partial charge on any atom is -0.456 e. The lowest BCUT2D eigenvalue weighted by Crippen LogP contribution is -2.09. The second-order valence-electron chi connectivity index (χ2n) is 11.8. The van der Waals surface area contributed by atoms with Gasteiger partial charge in [0.2, 0.25) is 0 Å². The summed E-state index contributed by atoms with van der Waals surface area (Å²) in [6, 6.07) is -6.02. The molecule has 0 radical (unpaired) electrons. The molecule has 5 heteroatoms. The summed E-state index contributed by atoms with van der Waals surface area (Å²) in [5, 5.41) is -0.759. The monoisotopic (exact) mass is 742 g/mol. The Morgan fingerprint density at radius 2 is 0.875 bits per heavy atom. The van der Waals surface area contributed by atoms with Gasteiger partial charge in [0.15, 0.2) is 17.5 Å². The van der Waals surface area contributed by atoms with Gasteiger partial charge in [-0.2, -0.15) is 0 Å². The predicted molar refractivity (Wildman–Crippen MR) is 229 cm³/mol. The van der Waals surface area contributed by atoms with Crippen molar-refractivity contribution < 1.29 is 37.3 Å². The van der Waals surface area contributed by atoms with E-state index in [9.17, 15) is 16.4 Å². The van der Waals surface area contributed by atoms with Crippen LogP contribution in [0.3, 0.4) is 0 Å². The lowest BCUT2D eigenvalue weighted by atomic mass is 10.0. The maximum atomic E-state index is 9.90. The second-order valence-corrected chi connectivity index (χ2v) is 11.8. The molecule has 0 aliphatic heterocycles. The molecule has 0 amide bonds. The molecule has 5 nitrogen and oxygen atoms in total. The molecule has 2 aromatic heterocycles. The van der Waals surface area contributed by atoms with Crippen LogP contribution in [0.4, 0.5) is 17.1 Å². The van der Waals surface area contributed by atoms with Gasteiger partial charge in [0.05, 0.1) is 32.9 Å². The highest BCUT2D eigenvalue weighted by molar-refractivity contribution is 6.12. The normalized spacial score (nSPS) is 17.2. The molecule has 0 unspecified atom stereocenters. The van der Waals surface area contributed by atoms with E-state index in [1.54, 1.807) is 60.7 Å². The fourth-order valence-corrected chi connectivity index (χ4v) is 5.81. The van der Waals surface area contributed by atoms with Gasteiger partial charge >= 0.3 is 0 Å². The molecule has 0 atom stereocenters. The summed E-state index contributed by atoms with van der Waals surface area (Å²) in [5.74, 6) is -0.0758. The highest BCUT2D eigenvalue weighted by Gasteiger charge is 2.20. The molecule has 10 rings (SSSR count). The lowest BCUT2D eigenvalue weighted by molar-refractivity contribution is 0.669.